The summed E-state index contributed by atoms with van der Waals surface area (Å²) in [5.41, 5.74) is 0.193. The van der Waals surface area contributed by atoms with Crippen LogP contribution < -0.4 is 0 Å². The molecule has 110 valence electrons. The van der Waals surface area contributed by atoms with Crippen LogP contribution in [0.15, 0.2) is 18.2 Å². The summed E-state index contributed by atoms with van der Waals surface area (Å²) in [6.07, 6.45) is 5.62. The quantitative estimate of drug-likeness (QED) is 0.834. The highest BCUT2D eigenvalue weighted by Crippen LogP contribution is 2.30. The minimum absolute atomic E-state index is 0.185. The highest BCUT2D eigenvalue weighted by atomic mass is 16.3. The van der Waals surface area contributed by atoms with Crippen LogP contribution in [0.4, 0.5) is 0 Å². The largest absolute Gasteiger partial charge is 0.504 e. The first kappa shape index (κ1) is 14.7. The Hall–Kier alpha value is -1.71. The lowest BCUT2D eigenvalue weighted by Gasteiger charge is -2.21. The molecule has 2 rings (SSSR count). The summed E-state index contributed by atoms with van der Waals surface area (Å²) < 4.78 is 0. The van der Waals surface area contributed by atoms with Gasteiger partial charge in [-0.15, -0.1) is 0 Å². The maximum Gasteiger partial charge on any atom is 0.257 e. The molecule has 1 atom stereocenters. The highest BCUT2D eigenvalue weighted by molar-refractivity contribution is 5.97. The zero-order valence-electron chi connectivity index (χ0n) is 12.0. The SMILES string of the molecule is CCCC1CCCN(C(=O)c2cccc(O)c2O)CC1. The Labute approximate surface area is 120 Å². The minimum atomic E-state index is -0.313. The first-order valence-electron chi connectivity index (χ1n) is 7.43. The molecule has 1 amide bonds. The molecule has 4 nitrogen and oxygen atoms in total. The van der Waals surface area contributed by atoms with Crippen LogP contribution in [-0.2, 0) is 0 Å². The van der Waals surface area contributed by atoms with Crippen LogP contribution in [-0.4, -0.2) is 34.1 Å². The van der Waals surface area contributed by atoms with Crippen LogP contribution >= 0.6 is 0 Å². The fraction of sp³-hybridized carbons (Fsp3) is 0.562. The van der Waals surface area contributed by atoms with Crippen molar-refractivity contribution < 1.29 is 15.0 Å². The van der Waals surface area contributed by atoms with Gasteiger partial charge in [-0.2, -0.15) is 0 Å². The Morgan fingerprint density at radius 3 is 2.85 bits per heavy atom. The van der Waals surface area contributed by atoms with Crippen molar-refractivity contribution in [2.24, 2.45) is 5.92 Å². The summed E-state index contributed by atoms with van der Waals surface area (Å²) in [5.74, 6) is -0.0347. The number of hydrogen-bond acceptors (Lipinski definition) is 3. The molecule has 0 radical (unpaired) electrons. The van der Waals surface area contributed by atoms with E-state index in [0.717, 1.165) is 25.9 Å². The molecule has 1 fully saturated rings. The van der Waals surface area contributed by atoms with Crippen molar-refractivity contribution in [2.75, 3.05) is 13.1 Å². The van der Waals surface area contributed by atoms with Crippen molar-refractivity contribution in [3.63, 3.8) is 0 Å². The predicted octanol–water partition coefficient (Wildman–Crippen LogP) is 3.14. The molecule has 0 spiro atoms. The van der Waals surface area contributed by atoms with Crippen molar-refractivity contribution in [3.05, 3.63) is 23.8 Å². The van der Waals surface area contributed by atoms with Crippen LogP contribution in [0.2, 0.25) is 0 Å². The van der Waals surface area contributed by atoms with Crippen molar-refractivity contribution in [1.82, 2.24) is 4.90 Å². The molecule has 1 aliphatic rings. The summed E-state index contributed by atoms with van der Waals surface area (Å²) in [6, 6.07) is 4.53. The van der Waals surface area contributed by atoms with E-state index >= 15 is 0 Å². The number of hydrogen-bond donors (Lipinski definition) is 2. The fourth-order valence-corrected chi connectivity index (χ4v) is 2.94. The topological polar surface area (TPSA) is 60.8 Å². The number of para-hydroxylation sites is 1. The third kappa shape index (κ3) is 3.24. The molecule has 0 aromatic heterocycles. The Kier molecular flexibility index (Phi) is 4.88. The number of nitrogens with zero attached hydrogens (tertiary/aromatic N) is 1. The highest BCUT2D eigenvalue weighted by Gasteiger charge is 2.23. The average molecular weight is 277 g/mol. The standard InChI is InChI=1S/C16H23NO3/c1-2-5-12-6-4-10-17(11-9-12)16(20)13-7-3-8-14(18)15(13)19/h3,7-8,12,18-19H,2,4-6,9-11H2,1H3. The van der Waals surface area contributed by atoms with Gasteiger partial charge < -0.3 is 15.1 Å². The van der Waals surface area contributed by atoms with Gasteiger partial charge in [0, 0.05) is 13.1 Å². The fourth-order valence-electron chi connectivity index (χ4n) is 2.94. The molecule has 0 bridgehead atoms. The van der Waals surface area contributed by atoms with Crippen molar-refractivity contribution >= 4 is 5.91 Å². The van der Waals surface area contributed by atoms with Crippen molar-refractivity contribution in [3.8, 4) is 11.5 Å². The van der Waals surface area contributed by atoms with E-state index in [1.807, 2.05) is 0 Å². The second-order valence-electron chi connectivity index (χ2n) is 5.55. The lowest BCUT2D eigenvalue weighted by molar-refractivity contribution is 0.0756. The molecule has 2 N–H and O–H groups in total. The van der Waals surface area contributed by atoms with Gasteiger partial charge in [-0.1, -0.05) is 25.8 Å². The number of likely N-dealkylation sites (tertiary alicyclic amines) is 1. The molecule has 0 aliphatic carbocycles. The van der Waals surface area contributed by atoms with E-state index in [9.17, 15) is 15.0 Å². The lowest BCUT2D eigenvalue weighted by atomic mass is 9.96. The molecular weight excluding hydrogens is 254 g/mol. The maximum atomic E-state index is 12.4. The van der Waals surface area contributed by atoms with E-state index in [2.05, 4.69) is 6.92 Å². The van der Waals surface area contributed by atoms with E-state index in [1.165, 1.54) is 25.3 Å². The molecule has 1 aromatic carbocycles. The number of carbonyl (C=O) groups is 1. The van der Waals surface area contributed by atoms with Gasteiger partial charge in [0.25, 0.3) is 5.91 Å². The third-order valence-corrected chi connectivity index (χ3v) is 4.08. The van der Waals surface area contributed by atoms with Crippen molar-refractivity contribution in [1.29, 1.82) is 0 Å². The Morgan fingerprint density at radius 1 is 1.30 bits per heavy atom. The molecule has 20 heavy (non-hydrogen) atoms. The summed E-state index contributed by atoms with van der Waals surface area (Å²) >= 11 is 0. The van der Waals surface area contributed by atoms with Gasteiger partial charge in [0.05, 0.1) is 5.56 Å². The van der Waals surface area contributed by atoms with Gasteiger partial charge in [-0.25, -0.2) is 0 Å². The Balaban J connectivity index is 2.07. The number of amides is 1. The molecule has 1 aliphatic heterocycles. The number of phenolic OH excluding ortho intramolecular Hbond substituents is 2. The van der Waals surface area contributed by atoms with E-state index < -0.39 is 0 Å². The zero-order valence-corrected chi connectivity index (χ0v) is 12.0. The predicted molar refractivity (Wildman–Crippen MR) is 77.9 cm³/mol. The first-order chi connectivity index (χ1) is 9.63. The van der Waals surface area contributed by atoms with Gasteiger partial charge in [0.15, 0.2) is 11.5 Å². The number of benzene rings is 1. The smallest absolute Gasteiger partial charge is 0.257 e. The minimum Gasteiger partial charge on any atom is -0.504 e. The maximum absolute atomic E-state index is 12.4. The monoisotopic (exact) mass is 277 g/mol. The van der Waals surface area contributed by atoms with E-state index in [1.54, 1.807) is 17.0 Å². The van der Waals surface area contributed by atoms with Crippen LogP contribution in [0.5, 0.6) is 11.5 Å². The third-order valence-electron chi connectivity index (χ3n) is 4.08. The van der Waals surface area contributed by atoms with Gasteiger partial charge in [0.1, 0.15) is 0 Å². The van der Waals surface area contributed by atoms with Crippen LogP contribution in [0.25, 0.3) is 0 Å². The summed E-state index contributed by atoms with van der Waals surface area (Å²) in [4.78, 5) is 14.2. The van der Waals surface area contributed by atoms with Gasteiger partial charge >= 0.3 is 0 Å². The molecule has 1 saturated heterocycles. The van der Waals surface area contributed by atoms with Crippen molar-refractivity contribution in [2.45, 2.75) is 39.0 Å². The molecule has 1 heterocycles. The Morgan fingerprint density at radius 2 is 2.10 bits per heavy atom. The van der Waals surface area contributed by atoms with Gasteiger partial charge in [0.2, 0.25) is 0 Å². The Bertz CT molecular complexity index is 473. The molecule has 1 unspecified atom stereocenters. The van der Waals surface area contributed by atoms with E-state index in [-0.39, 0.29) is 23.0 Å². The summed E-state index contributed by atoms with van der Waals surface area (Å²) in [7, 11) is 0. The molecule has 0 saturated carbocycles. The van der Waals surface area contributed by atoms with Crippen LogP contribution in [0.1, 0.15) is 49.4 Å². The number of phenols is 2. The molecule has 4 heteroatoms. The van der Waals surface area contributed by atoms with Crippen LogP contribution in [0.3, 0.4) is 0 Å². The van der Waals surface area contributed by atoms with Gasteiger partial charge in [-0.05, 0) is 37.3 Å². The summed E-state index contributed by atoms with van der Waals surface area (Å²) in [6.45, 7) is 3.66. The molecular formula is C16H23NO3. The first-order valence-corrected chi connectivity index (χ1v) is 7.43. The van der Waals surface area contributed by atoms with E-state index in [0.29, 0.717) is 5.92 Å². The summed E-state index contributed by atoms with van der Waals surface area (Å²) in [5, 5.41) is 19.3. The van der Waals surface area contributed by atoms with Crippen LogP contribution in [0, 0.1) is 5.92 Å². The zero-order chi connectivity index (χ0) is 14.5. The second-order valence-corrected chi connectivity index (χ2v) is 5.55. The number of aromatic hydroxyl groups is 2. The normalized spacial score (nSPS) is 19.6. The number of carbonyl (C=O) groups excluding carboxylic acids is 1. The lowest BCUT2D eigenvalue weighted by Crippen LogP contribution is -2.32. The second kappa shape index (κ2) is 6.64. The average Bonchev–Trinajstić information content (AvgIpc) is 2.67. The van der Waals surface area contributed by atoms with Gasteiger partial charge in [-0.3, -0.25) is 4.79 Å². The molecule has 1 aromatic rings. The number of rotatable bonds is 3. The van der Waals surface area contributed by atoms with E-state index in [4.69, 9.17) is 0 Å².